The summed E-state index contributed by atoms with van der Waals surface area (Å²) in [5.74, 6) is -0.786. The monoisotopic (exact) mass is 230 g/mol. The molecule has 16 heavy (non-hydrogen) atoms. The van der Waals surface area contributed by atoms with Gasteiger partial charge in [-0.25, -0.2) is 18.6 Å². The van der Waals surface area contributed by atoms with E-state index in [1.165, 1.54) is 6.92 Å². The maximum absolute atomic E-state index is 12.5. The average Bonchev–Trinajstić information content (AvgIpc) is 2.21. The summed E-state index contributed by atoms with van der Waals surface area (Å²) in [6, 6.07) is 1.16. The maximum atomic E-state index is 12.5. The van der Waals surface area contributed by atoms with Gasteiger partial charge in [0.2, 0.25) is 0 Å². The molecule has 1 rings (SSSR count). The Morgan fingerprint density at radius 2 is 2.25 bits per heavy atom. The van der Waals surface area contributed by atoms with Crippen LogP contribution in [0.1, 0.15) is 35.1 Å². The molecule has 6 heteroatoms. The SMILES string of the molecule is CCOC(=O)c1nc(C(F)F)cc(C)c1N. The van der Waals surface area contributed by atoms with Gasteiger partial charge in [-0.15, -0.1) is 0 Å². The van der Waals surface area contributed by atoms with E-state index in [9.17, 15) is 13.6 Å². The number of nitrogen functional groups attached to an aromatic ring is 1. The third-order valence-electron chi connectivity index (χ3n) is 1.98. The van der Waals surface area contributed by atoms with Crippen LogP contribution in [0.2, 0.25) is 0 Å². The Morgan fingerprint density at radius 1 is 1.62 bits per heavy atom. The summed E-state index contributed by atoms with van der Waals surface area (Å²) in [7, 11) is 0. The lowest BCUT2D eigenvalue weighted by atomic mass is 10.1. The number of rotatable bonds is 3. The molecule has 0 aliphatic heterocycles. The molecule has 0 aliphatic rings. The summed E-state index contributed by atoms with van der Waals surface area (Å²) >= 11 is 0. The van der Waals surface area contributed by atoms with E-state index in [1.54, 1.807) is 6.92 Å². The molecule has 0 spiro atoms. The van der Waals surface area contributed by atoms with Crippen molar-refractivity contribution in [1.82, 2.24) is 4.98 Å². The van der Waals surface area contributed by atoms with Crippen LogP contribution in [0.3, 0.4) is 0 Å². The normalized spacial score (nSPS) is 10.6. The second kappa shape index (κ2) is 4.87. The van der Waals surface area contributed by atoms with Crippen LogP contribution >= 0.6 is 0 Å². The highest BCUT2D eigenvalue weighted by atomic mass is 19.3. The molecule has 0 radical (unpaired) electrons. The minimum atomic E-state index is -2.74. The highest BCUT2D eigenvalue weighted by Crippen LogP contribution is 2.23. The van der Waals surface area contributed by atoms with Crippen molar-refractivity contribution in [2.75, 3.05) is 12.3 Å². The standard InChI is InChI=1S/C10H12F2N2O2/c1-3-16-10(15)8-7(13)5(2)4-6(14-8)9(11)12/h4,9H,3,13H2,1-2H3. The van der Waals surface area contributed by atoms with E-state index in [0.717, 1.165) is 6.07 Å². The molecule has 0 saturated carbocycles. The second-order valence-electron chi connectivity index (χ2n) is 3.15. The van der Waals surface area contributed by atoms with Crippen molar-refractivity contribution in [3.8, 4) is 0 Å². The second-order valence-corrected chi connectivity index (χ2v) is 3.15. The Balaban J connectivity index is 3.21. The molecule has 0 unspecified atom stereocenters. The van der Waals surface area contributed by atoms with Crippen LogP contribution in [0.4, 0.5) is 14.5 Å². The summed E-state index contributed by atoms with van der Waals surface area (Å²) in [5.41, 5.74) is 5.30. The first-order valence-electron chi connectivity index (χ1n) is 4.69. The Kier molecular flexibility index (Phi) is 3.76. The molecule has 0 atom stereocenters. The summed E-state index contributed by atoms with van der Waals surface area (Å²) in [6.07, 6.45) is -2.74. The molecule has 1 heterocycles. The van der Waals surface area contributed by atoms with Gasteiger partial charge in [0.15, 0.2) is 5.69 Å². The fourth-order valence-electron chi connectivity index (χ4n) is 1.17. The number of hydrogen-bond donors (Lipinski definition) is 1. The molecule has 0 fully saturated rings. The number of pyridine rings is 1. The smallest absolute Gasteiger partial charge is 0.359 e. The molecule has 0 aromatic carbocycles. The topological polar surface area (TPSA) is 65.2 Å². The van der Waals surface area contributed by atoms with E-state index < -0.39 is 18.1 Å². The number of carbonyl (C=O) groups excluding carboxylic acids is 1. The Labute approximate surface area is 91.4 Å². The average molecular weight is 230 g/mol. The Hall–Kier alpha value is -1.72. The first-order valence-corrected chi connectivity index (χ1v) is 4.69. The van der Waals surface area contributed by atoms with Gasteiger partial charge in [0.1, 0.15) is 5.69 Å². The van der Waals surface area contributed by atoms with Gasteiger partial charge in [0, 0.05) is 0 Å². The number of esters is 1. The number of alkyl halides is 2. The summed E-state index contributed by atoms with van der Waals surface area (Å²) in [6.45, 7) is 3.28. The molecule has 0 aliphatic carbocycles. The van der Waals surface area contributed by atoms with Gasteiger partial charge in [0.05, 0.1) is 12.3 Å². The third-order valence-corrected chi connectivity index (χ3v) is 1.98. The summed E-state index contributed by atoms with van der Waals surface area (Å²) in [4.78, 5) is 14.9. The molecule has 0 amide bonds. The van der Waals surface area contributed by atoms with Crippen LogP contribution < -0.4 is 5.73 Å². The lowest BCUT2D eigenvalue weighted by molar-refractivity contribution is 0.0519. The lowest BCUT2D eigenvalue weighted by Gasteiger charge is -2.09. The van der Waals surface area contributed by atoms with Crippen molar-refractivity contribution >= 4 is 11.7 Å². The highest BCUT2D eigenvalue weighted by Gasteiger charge is 2.19. The third kappa shape index (κ3) is 2.44. The molecule has 2 N–H and O–H groups in total. The first kappa shape index (κ1) is 12.4. The minimum Gasteiger partial charge on any atom is -0.461 e. The van der Waals surface area contributed by atoms with Crippen LogP contribution in [0, 0.1) is 6.92 Å². The van der Waals surface area contributed by atoms with Crippen molar-refractivity contribution in [2.45, 2.75) is 20.3 Å². The molecule has 0 saturated heterocycles. The van der Waals surface area contributed by atoms with Gasteiger partial charge < -0.3 is 10.5 Å². The number of aromatic nitrogens is 1. The highest BCUT2D eigenvalue weighted by molar-refractivity contribution is 5.93. The van der Waals surface area contributed by atoms with Crippen LogP contribution in [-0.4, -0.2) is 17.6 Å². The number of hydrogen-bond acceptors (Lipinski definition) is 4. The van der Waals surface area contributed by atoms with E-state index in [4.69, 9.17) is 5.73 Å². The Bertz CT molecular complexity index is 408. The van der Waals surface area contributed by atoms with Gasteiger partial charge in [0.25, 0.3) is 6.43 Å². The van der Waals surface area contributed by atoms with Gasteiger partial charge >= 0.3 is 5.97 Å². The predicted octanol–water partition coefficient (Wildman–Crippen LogP) is 2.09. The van der Waals surface area contributed by atoms with Crippen LogP contribution in [0.25, 0.3) is 0 Å². The number of nitrogens with zero attached hydrogens (tertiary/aromatic N) is 1. The first-order chi connectivity index (χ1) is 7.47. The molecule has 88 valence electrons. The number of aryl methyl sites for hydroxylation is 1. The number of nitrogens with two attached hydrogens (primary N) is 1. The van der Waals surface area contributed by atoms with E-state index in [0.29, 0.717) is 5.56 Å². The zero-order valence-corrected chi connectivity index (χ0v) is 8.96. The van der Waals surface area contributed by atoms with E-state index in [2.05, 4.69) is 9.72 Å². The van der Waals surface area contributed by atoms with Crippen LogP contribution in [0.15, 0.2) is 6.07 Å². The van der Waals surface area contributed by atoms with Gasteiger partial charge in [-0.2, -0.15) is 0 Å². The molecular weight excluding hydrogens is 218 g/mol. The van der Waals surface area contributed by atoms with Crippen molar-refractivity contribution in [1.29, 1.82) is 0 Å². The molecule has 4 nitrogen and oxygen atoms in total. The van der Waals surface area contributed by atoms with E-state index in [-0.39, 0.29) is 18.0 Å². The maximum Gasteiger partial charge on any atom is 0.359 e. The van der Waals surface area contributed by atoms with Crippen molar-refractivity contribution in [2.24, 2.45) is 0 Å². The van der Waals surface area contributed by atoms with Crippen molar-refractivity contribution in [3.63, 3.8) is 0 Å². The quantitative estimate of drug-likeness (QED) is 0.807. The van der Waals surface area contributed by atoms with Crippen molar-refractivity contribution < 1.29 is 18.3 Å². The molecule has 0 bridgehead atoms. The minimum absolute atomic E-state index is 0.0721. The van der Waals surface area contributed by atoms with Gasteiger partial charge in [-0.3, -0.25) is 0 Å². The van der Waals surface area contributed by atoms with Gasteiger partial charge in [-0.1, -0.05) is 0 Å². The zero-order valence-electron chi connectivity index (χ0n) is 8.96. The number of ether oxygens (including phenoxy) is 1. The molecular formula is C10H12F2N2O2. The Morgan fingerprint density at radius 3 is 2.75 bits per heavy atom. The van der Waals surface area contributed by atoms with Gasteiger partial charge in [-0.05, 0) is 25.5 Å². The van der Waals surface area contributed by atoms with E-state index >= 15 is 0 Å². The van der Waals surface area contributed by atoms with E-state index in [1.807, 2.05) is 0 Å². The molecule has 1 aromatic heterocycles. The largest absolute Gasteiger partial charge is 0.461 e. The number of anilines is 1. The number of carbonyl (C=O) groups is 1. The zero-order chi connectivity index (χ0) is 12.3. The predicted molar refractivity (Wildman–Crippen MR) is 54.3 cm³/mol. The van der Waals surface area contributed by atoms with Crippen LogP contribution in [0.5, 0.6) is 0 Å². The number of halogens is 2. The molecule has 1 aromatic rings. The van der Waals surface area contributed by atoms with Crippen molar-refractivity contribution in [3.05, 3.63) is 23.0 Å². The fraction of sp³-hybridized carbons (Fsp3) is 0.400. The van der Waals surface area contributed by atoms with Crippen LogP contribution in [-0.2, 0) is 4.74 Å². The summed E-state index contributed by atoms with van der Waals surface area (Å²) in [5, 5.41) is 0. The summed E-state index contributed by atoms with van der Waals surface area (Å²) < 4.78 is 29.6. The fourth-order valence-corrected chi connectivity index (χ4v) is 1.17. The lowest BCUT2D eigenvalue weighted by Crippen LogP contribution is -2.13.